The molecule has 0 bridgehead atoms. The maximum Gasteiger partial charge on any atom is 0.257 e. The number of carbonyl (C=O) groups excluding carboxylic acids is 1. The third kappa shape index (κ3) is 6.11. The molecule has 3 aromatic carbocycles. The van der Waals surface area contributed by atoms with Crippen LogP contribution in [0.1, 0.15) is 15.9 Å². The molecule has 160 valence electrons. The summed E-state index contributed by atoms with van der Waals surface area (Å²) in [5.74, 6) is -0.379. The highest BCUT2D eigenvalue weighted by atomic mass is 35.5. The zero-order chi connectivity index (χ0) is 22.4. The van der Waals surface area contributed by atoms with E-state index in [4.69, 9.17) is 23.8 Å². The molecule has 0 heterocycles. The fourth-order valence-corrected chi connectivity index (χ4v) is 4.25. The molecule has 0 aromatic heterocycles. The van der Waals surface area contributed by atoms with Crippen LogP contribution in [0.3, 0.4) is 0 Å². The lowest BCUT2D eigenvalue weighted by atomic mass is 10.2. The van der Waals surface area contributed by atoms with E-state index in [1.54, 1.807) is 36.4 Å². The molecule has 2 N–H and O–H groups in total. The Hall–Kier alpha value is -2.78. The van der Waals surface area contributed by atoms with E-state index in [2.05, 4.69) is 10.6 Å². The van der Waals surface area contributed by atoms with E-state index >= 15 is 0 Å². The van der Waals surface area contributed by atoms with Crippen molar-refractivity contribution in [1.82, 2.24) is 9.62 Å². The van der Waals surface area contributed by atoms with Gasteiger partial charge in [0.15, 0.2) is 5.11 Å². The average Bonchev–Trinajstić information content (AvgIpc) is 2.75. The molecule has 6 nitrogen and oxygen atoms in total. The van der Waals surface area contributed by atoms with Crippen LogP contribution in [0.25, 0.3) is 0 Å². The molecule has 0 radical (unpaired) electrons. The number of halogens is 1. The minimum atomic E-state index is -3.65. The molecule has 0 saturated carbocycles. The number of carbonyl (C=O) groups is 1. The highest BCUT2D eigenvalue weighted by Gasteiger charge is 2.20. The van der Waals surface area contributed by atoms with Crippen molar-refractivity contribution in [3.8, 4) is 0 Å². The molecular weight excluding hydrogens is 454 g/mol. The maximum absolute atomic E-state index is 12.8. The van der Waals surface area contributed by atoms with Gasteiger partial charge in [-0.2, -0.15) is 4.31 Å². The molecule has 3 rings (SSSR count). The second-order valence-electron chi connectivity index (χ2n) is 6.69. The first kappa shape index (κ1) is 22.9. The van der Waals surface area contributed by atoms with Gasteiger partial charge in [0.25, 0.3) is 5.91 Å². The van der Waals surface area contributed by atoms with Gasteiger partial charge in [0, 0.05) is 29.9 Å². The van der Waals surface area contributed by atoms with E-state index in [-0.39, 0.29) is 22.5 Å². The lowest BCUT2D eigenvalue weighted by Crippen LogP contribution is -2.34. The van der Waals surface area contributed by atoms with Crippen molar-refractivity contribution < 1.29 is 13.2 Å². The molecule has 0 saturated heterocycles. The monoisotopic (exact) mass is 473 g/mol. The minimum absolute atomic E-state index is 0.0942. The molecule has 31 heavy (non-hydrogen) atoms. The molecule has 0 fully saturated rings. The Balaban J connectivity index is 1.61. The number of thiocarbonyl (C=S) groups is 1. The number of anilines is 1. The predicted molar refractivity (Wildman–Crippen MR) is 127 cm³/mol. The fraction of sp³-hybridized carbons (Fsp3) is 0.0909. The van der Waals surface area contributed by atoms with Crippen LogP contribution < -0.4 is 10.6 Å². The van der Waals surface area contributed by atoms with Gasteiger partial charge in [0.1, 0.15) is 0 Å². The van der Waals surface area contributed by atoms with E-state index in [0.717, 1.165) is 5.56 Å². The molecule has 0 aliphatic rings. The SMILES string of the molecule is CN(Cc1ccccc1)S(=O)(=O)c1ccc(NC(=S)NC(=O)c2ccc(Cl)cc2)cc1. The highest BCUT2D eigenvalue weighted by Crippen LogP contribution is 2.19. The van der Waals surface area contributed by atoms with Crippen molar-refractivity contribution in [1.29, 1.82) is 0 Å². The number of sulfonamides is 1. The van der Waals surface area contributed by atoms with E-state index < -0.39 is 10.0 Å². The molecule has 1 amide bonds. The van der Waals surface area contributed by atoms with Crippen LogP contribution in [-0.4, -0.2) is 30.8 Å². The summed E-state index contributed by atoms with van der Waals surface area (Å²) in [4.78, 5) is 12.4. The van der Waals surface area contributed by atoms with E-state index in [1.165, 1.54) is 23.5 Å². The van der Waals surface area contributed by atoms with Crippen molar-refractivity contribution in [2.45, 2.75) is 11.4 Å². The van der Waals surface area contributed by atoms with Gasteiger partial charge in [-0.3, -0.25) is 10.1 Å². The number of rotatable bonds is 6. The Morgan fingerprint density at radius 1 is 0.968 bits per heavy atom. The summed E-state index contributed by atoms with van der Waals surface area (Å²) in [6, 6.07) is 21.9. The standard InChI is InChI=1S/C22H20ClN3O3S2/c1-26(15-16-5-3-2-4-6-16)31(28,29)20-13-11-19(12-14-20)24-22(30)25-21(27)17-7-9-18(23)10-8-17/h2-14H,15H2,1H3,(H2,24,25,27,30). The van der Waals surface area contributed by atoms with Gasteiger partial charge in [-0.1, -0.05) is 41.9 Å². The number of benzene rings is 3. The largest absolute Gasteiger partial charge is 0.332 e. The molecule has 0 aliphatic heterocycles. The quantitative estimate of drug-likeness (QED) is 0.522. The third-order valence-corrected chi connectivity index (χ3v) is 6.68. The fourth-order valence-electron chi connectivity index (χ4n) is 2.75. The number of nitrogens with zero attached hydrogens (tertiary/aromatic N) is 1. The van der Waals surface area contributed by atoms with Crippen LogP contribution in [0, 0.1) is 0 Å². The number of hydrogen-bond donors (Lipinski definition) is 2. The second-order valence-corrected chi connectivity index (χ2v) is 9.58. The van der Waals surface area contributed by atoms with E-state index in [1.807, 2.05) is 30.3 Å². The number of hydrogen-bond acceptors (Lipinski definition) is 4. The van der Waals surface area contributed by atoms with Gasteiger partial charge in [-0.15, -0.1) is 0 Å². The summed E-state index contributed by atoms with van der Waals surface area (Å²) in [5, 5.41) is 6.06. The summed E-state index contributed by atoms with van der Waals surface area (Å²) in [6.07, 6.45) is 0. The summed E-state index contributed by atoms with van der Waals surface area (Å²) >= 11 is 11.0. The first-order valence-corrected chi connectivity index (χ1v) is 11.5. The zero-order valence-corrected chi connectivity index (χ0v) is 19.0. The summed E-state index contributed by atoms with van der Waals surface area (Å²) in [5.41, 5.74) is 1.86. The summed E-state index contributed by atoms with van der Waals surface area (Å²) < 4.78 is 26.9. The highest BCUT2D eigenvalue weighted by molar-refractivity contribution is 7.89. The zero-order valence-electron chi connectivity index (χ0n) is 16.6. The lowest BCUT2D eigenvalue weighted by molar-refractivity contribution is 0.0977. The smallest absolute Gasteiger partial charge is 0.257 e. The van der Waals surface area contributed by atoms with E-state index in [0.29, 0.717) is 16.3 Å². The number of amides is 1. The van der Waals surface area contributed by atoms with Gasteiger partial charge >= 0.3 is 0 Å². The van der Waals surface area contributed by atoms with Crippen molar-refractivity contribution in [3.63, 3.8) is 0 Å². The molecule has 0 atom stereocenters. The molecular formula is C22H20ClN3O3S2. The van der Waals surface area contributed by atoms with Crippen molar-refractivity contribution in [2.75, 3.05) is 12.4 Å². The minimum Gasteiger partial charge on any atom is -0.332 e. The normalized spacial score (nSPS) is 11.2. The Kier molecular flexibility index (Phi) is 7.40. The van der Waals surface area contributed by atoms with Crippen LogP contribution in [0.5, 0.6) is 0 Å². The molecule has 0 spiro atoms. The lowest BCUT2D eigenvalue weighted by Gasteiger charge is -2.17. The summed E-state index contributed by atoms with van der Waals surface area (Å²) in [7, 11) is -2.11. The van der Waals surface area contributed by atoms with Gasteiger partial charge < -0.3 is 5.32 Å². The Morgan fingerprint density at radius 3 is 2.19 bits per heavy atom. The van der Waals surface area contributed by atoms with Gasteiger partial charge in [-0.25, -0.2) is 8.42 Å². The molecule has 3 aromatic rings. The first-order chi connectivity index (χ1) is 14.8. The average molecular weight is 474 g/mol. The Morgan fingerprint density at radius 2 is 1.58 bits per heavy atom. The van der Waals surface area contributed by atoms with Crippen LogP contribution >= 0.6 is 23.8 Å². The van der Waals surface area contributed by atoms with Gasteiger partial charge in [-0.05, 0) is 66.3 Å². The molecule has 9 heteroatoms. The van der Waals surface area contributed by atoms with Crippen LogP contribution in [-0.2, 0) is 16.6 Å². The van der Waals surface area contributed by atoms with Crippen LogP contribution in [0.4, 0.5) is 5.69 Å². The Bertz CT molecular complexity index is 1170. The molecule has 0 unspecified atom stereocenters. The first-order valence-electron chi connectivity index (χ1n) is 9.24. The van der Waals surface area contributed by atoms with Crippen molar-refractivity contribution >= 4 is 50.5 Å². The molecule has 0 aliphatic carbocycles. The van der Waals surface area contributed by atoms with E-state index in [9.17, 15) is 13.2 Å². The third-order valence-electron chi connectivity index (χ3n) is 4.40. The maximum atomic E-state index is 12.8. The van der Waals surface area contributed by atoms with Crippen LogP contribution in [0.15, 0.2) is 83.8 Å². The second kappa shape index (κ2) is 10.0. The Labute approximate surface area is 191 Å². The summed E-state index contributed by atoms with van der Waals surface area (Å²) in [6.45, 7) is 0.268. The van der Waals surface area contributed by atoms with Crippen molar-refractivity contribution in [3.05, 3.63) is 95.0 Å². The topological polar surface area (TPSA) is 78.5 Å². The van der Waals surface area contributed by atoms with Crippen LogP contribution in [0.2, 0.25) is 5.02 Å². The van der Waals surface area contributed by atoms with Gasteiger partial charge in [0.2, 0.25) is 10.0 Å². The van der Waals surface area contributed by atoms with Gasteiger partial charge in [0.05, 0.1) is 4.90 Å². The van der Waals surface area contributed by atoms with Crippen molar-refractivity contribution in [2.24, 2.45) is 0 Å². The number of nitrogens with one attached hydrogen (secondary N) is 2. The predicted octanol–water partition coefficient (Wildman–Crippen LogP) is 4.29.